The molecular weight excluding hydrogens is 308 g/mol. The van der Waals surface area contributed by atoms with E-state index < -0.39 is 0 Å². The summed E-state index contributed by atoms with van der Waals surface area (Å²) in [5, 5.41) is 10.1. The van der Waals surface area contributed by atoms with Crippen molar-refractivity contribution in [3.05, 3.63) is 11.6 Å². The monoisotopic (exact) mass is 340 g/mol. The lowest BCUT2D eigenvalue weighted by atomic mass is 9.47. The Morgan fingerprint density at radius 3 is 2.52 bits per heavy atom. The molecule has 1 aliphatic heterocycles. The number of hydrogen-bond donors (Lipinski definition) is 1. The van der Waals surface area contributed by atoms with E-state index in [2.05, 4.69) is 29.9 Å². The van der Waals surface area contributed by atoms with Crippen molar-refractivity contribution in [2.75, 3.05) is 0 Å². The van der Waals surface area contributed by atoms with Crippen LogP contribution in [-0.4, -0.2) is 29.8 Å². The van der Waals surface area contributed by atoms with Crippen LogP contribution in [0.1, 0.15) is 65.2 Å². The summed E-state index contributed by atoms with van der Waals surface area (Å²) in [5.74, 6) is 3.14. The van der Waals surface area contributed by atoms with Crippen LogP contribution in [0.2, 0.25) is 0 Å². The van der Waals surface area contributed by atoms with Crippen molar-refractivity contribution in [2.45, 2.75) is 77.5 Å². The highest BCUT2D eigenvalue weighted by Gasteiger charge is 2.59. The number of aliphatic hydroxyl groups is 1. The molecule has 0 unspecified atom stereocenters. The zero-order valence-corrected chi connectivity index (χ0v) is 15.7. The van der Waals surface area contributed by atoms with Crippen LogP contribution in [0.3, 0.4) is 0 Å². The third-order valence-electron chi connectivity index (χ3n) is 9.06. The maximum Gasteiger partial charge on any atom is 0.142 e. The van der Waals surface area contributed by atoms with E-state index in [1.807, 2.05) is 12.4 Å². The highest BCUT2D eigenvalue weighted by molar-refractivity contribution is 6.17. The first-order valence-corrected chi connectivity index (χ1v) is 10.4. The third kappa shape index (κ3) is 2.20. The van der Waals surface area contributed by atoms with E-state index in [0.717, 1.165) is 30.6 Å². The standard InChI is InChI=1S/C22H32N2O/c1-21-9-7-15(25)13-14(21)3-4-16-17-5-6-19(20-23-11-12-24-20)22(17,2)10-8-18(16)21/h3,11-12,15-20,25H,4-10,13H2,1-2H3/t15-,16-,17-,18-,19+,21-,22-/m0/s1. The SMILES string of the molecule is C[C@]12CC[C@H]3[C@@H](CC=C4C[C@@H](O)CC[C@@]43C)[C@@H]1CC[C@@H]2C1N=CC=N1. The minimum atomic E-state index is -0.0984. The predicted octanol–water partition coefficient (Wildman–Crippen LogP) is 4.41. The van der Waals surface area contributed by atoms with Crippen LogP contribution in [0, 0.1) is 34.5 Å². The van der Waals surface area contributed by atoms with Gasteiger partial charge in [-0.3, -0.25) is 9.98 Å². The number of aliphatic imine (C=N–C) groups is 2. The van der Waals surface area contributed by atoms with Gasteiger partial charge in [0.05, 0.1) is 6.10 Å². The van der Waals surface area contributed by atoms with E-state index in [-0.39, 0.29) is 12.3 Å². The lowest BCUT2D eigenvalue weighted by Gasteiger charge is -2.58. The van der Waals surface area contributed by atoms with Gasteiger partial charge in [-0.1, -0.05) is 25.5 Å². The van der Waals surface area contributed by atoms with Gasteiger partial charge in [0, 0.05) is 18.3 Å². The number of rotatable bonds is 1. The highest BCUT2D eigenvalue weighted by Crippen LogP contribution is 2.66. The van der Waals surface area contributed by atoms with Crippen LogP contribution in [0.4, 0.5) is 0 Å². The molecule has 3 nitrogen and oxygen atoms in total. The molecule has 5 rings (SSSR count). The van der Waals surface area contributed by atoms with Crippen LogP contribution in [0.25, 0.3) is 0 Å². The molecule has 7 atom stereocenters. The summed E-state index contributed by atoms with van der Waals surface area (Å²) < 4.78 is 0. The fourth-order valence-corrected chi connectivity index (χ4v) is 7.67. The first kappa shape index (κ1) is 16.2. The maximum atomic E-state index is 10.1. The van der Waals surface area contributed by atoms with E-state index >= 15 is 0 Å². The molecule has 3 heteroatoms. The summed E-state index contributed by atoms with van der Waals surface area (Å²) in [5.41, 5.74) is 2.35. The fourth-order valence-electron chi connectivity index (χ4n) is 7.67. The van der Waals surface area contributed by atoms with E-state index in [9.17, 15) is 5.11 Å². The molecule has 1 N–H and O–H groups in total. The van der Waals surface area contributed by atoms with E-state index in [1.165, 1.54) is 38.5 Å². The van der Waals surface area contributed by atoms with Gasteiger partial charge in [0.2, 0.25) is 0 Å². The van der Waals surface area contributed by atoms with Gasteiger partial charge in [0.25, 0.3) is 0 Å². The Morgan fingerprint density at radius 2 is 1.72 bits per heavy atom. The summed E-state index contributed by atoms with van der Waals surface area (Å²) in [6.07, 6.45) is 16.2. The molecule has 0 spiro atoms. The minimum absolute atomic E-state index is 0.0984. The van der Waals surface area contributed by atoms with Crippen LogP contribution in [-0.2, 0) is 0 Å². The normalized spacial score (nSPS) is 51.8. The molecule has 0 saturated heterocycles. The molecule has 1 heterocycles. The first-order valence-electron chi connectivity index (χ1n) is 10.4. The van der Waals surface area contributed by atoms with Gasteiger partial charge in [-0.05, 0) is 80.0 Å². The second-order valence-corrected chi connectivity index (χ2v) is 9.89. The molecule has 25 heavy (non-hydrogen) atoms. The molecule has 5 aliphatic rings. The van der Waals surface area contributed by atoms with Gasteiger partial charge >= 0.3 is 0 Å². The van der Waals surface area contributed by atoms with Gasteiger partial charge in [-0.2, -0.15) is 0 Å². The van der Waals surface area contributed by atoms with Crippen LogP contribution >= 0.6 is 0 Å². The Morgan fingerprint density at radius 1 is 0.960 bits per heavy atom. The number of hydrogen-bond acceptors (Lipinski definition) is 3. The van der Waals surface area contributed by atoms with Crippen molar-refractivity contribution in [2.24, 2.45) is 44.5 Å². The molecule has 0 bridgehead atoms. The van der Waals surface area contributed by atoms with Crippen molar-refractivity contribution in [3.8, 4) is 0 Å². The number of fused-ring (bicyclic) bond motifs is 5. The number of aliphatic hydroxyl groups excluding tert-OH is 1. The molecule has 0 aromatic rings. The quantitative estimate of drug-likeness (QED) is 0.706. The molecule has 0 amide bonds. The topological polar surface area (TPSA) is 45.0 Å². The molecule has 136 valence electrons. The Labute approximate surface area is 151 Å². The molecule has 3 saturated carbocycles. The maximum absolute atomic E-state index is 10.1. The van der Waals surface area contributed by atoms with Crippen LogP contribution < -0.4 is 0 Å². The fraction of sp³-hybridized carbons (Fsp3) is 0.818. The molecule has 0 aromatic heterocycles. The van der Waals surface area contributed by atoms with E-state index in [1.54, 1.807) is 5.57 Å². The zero-order chi connectivity index (χ0) is 17.2. The van der Waals surface area contributed by atoms with Gasteiger partial charge in [0.15, 0.2) is 0 Å². The lowest BCUT2D eigenvalue weighted by molar-refractivity contribution is -0.0521. The summed E-state index contributed by atoms with van der Waals surface area (Å²) in [4.78, 5) is 9.32. The van der Waals surface area contributed by atoms with Crippen LogP contribution in [0.15, 0.2) is 21.6 Å². The second-order valence-electron chi connectivity index (χ2n) is 9.89. The van der Waals surface area contributed by atoms with E-state index in [4.69, 9.17) is 0 Å². The predicted molar refractivity (Wildman–Crippen MR) is 102 cm³/mol. The summed E-state index contributed by atoms with van der Waals surface area (Å²) >= 11 is 0. The molecular formula is C22H32N2O. The average Bonchev–Trinajstić information content (AvgIpc) is 3.22. The summed E-state index contributed by atoms with van der Waals surface area (Å²) in [6, 6.07) is 0. The molecule has 0 radical (unpaired) electrons. The average molecular weight is 341 g/mol. The smallest absolute Gasteiger partial charge is 0.142 e. The Kier molecular flexibility index (Phi) is 3.58. The van der Waals surface area contributed by atoms with Gasteiger partial charge in [0.1, 0.15) is 6.17 Å². The summed E-state index contributed by atoms with van der Waals surface area (Å²) in [6.45, 7) is 5.07. The Hall–Kier alpha value is -0.960. The Balaban J connectivity index is 1.45. The Bertz CT molecular complexity index is 640. The van der Waals surface area contributed by atoms with Gasteiger partial charge in [-0.25, -0.2) is 0 Å². The third-order valence-corrected chi connectivity index (χ3v) is 9.06. The molecule has 0 aromatic carbocycles. The van der Waals surface area contributed by atoms with Gasteiger partial charge < -0.3 is 5.11 Å². The summed E-state index contributed by atoms with van der Waals surface area (Å²) in [7, 11) is 0. The van der Waals surface area contributed by atoms with Crippen molar-refractivity contribution < 1.29 is 5.11 Å². The van der Waals surface area contributed by atoms with Crippen molar-refractivity contribution in [1.29, 1.82) is 0 Å². The largest absolute Gasteiger partial charge is 0.393 e. The van der Waals surface area contributed by atoms with E-state index in [0.29, 0.717) is 16.7 Å². The molecule has 4 aliphatic carbocycles. The highest BCUT2D eigenvalue weighted by atomic mass is 16.3. The lowest BCUT2D eigenvalue weighted by Crippen LogP contribution is -2.51. The van der Waals surface area contributed by atoms with Crippen molar-refractivity contribution in [1.82, 2.24) is 0 Å². The molecule has 3 fully saturated rings. The minimum Gasteiger partial charge on any atom is -0.393 e. The number of allylic oxidation sites excluding steroid dienone is 1. The zero-order valence-electron chi connectivity index (χ0n) is 15.7. The van der Waals surface area contributed by atoms with Crippen molar-refractivity contribution >= 4 is 12.4 Å². The first-order chi connectivity index (χ1) is 12.0. The second kappa shape index (κ2) is 5.52. The van der Waals surface area contributed by atoms with Gasteiger partial charge in [-0.15, -0.1) is 0 Å². The van der Waals surface area contributed by atoms with Crippen molar-refractivity contribution in [3.63, 3.8) is 0 Å². The van der Waals surface area contributed by atoms with Crippen LogP contribution in [0.5, 0.6) is 0 Å². The number of nitrogens with zero attached hydrogens (tertiary/aromatic N) is 2.